The fourth-order valence-electron chi connectivity index (χ4n) is 3.15. The van der Waals surface area contributed by atoms with E-state index < -0.39 is 21.7 Å². The molecule has 3 rings (SSSR count). The molecule has 1 heterocycles. The average Bonchev–Trinajstić information content (AvgIpc) is 2.74. The van der Waals surface area contributed by atoms with Gasteiger partial charge in [0.25, 0.3) is 5.91 Å². The molecule has 1 saturated heterocycles. The Balaban J connectivity index is 1.87. The maximum absolute atomic E-state index is 14.0. The molecule has 2 aromatic rings. The monoisotopic (exact) mass is 431 g/mol. The number of benzene rings is 2. The fourth-order valence-corrected chi connectivity index (χ4v) is 4.59. The molecule has 0 spiro atoms. The zero-order valence-corrected chi connectivity index (χ0v) is 17.1. The van der Waals surface area contributed by atoms with Gasteiger partial charge in [0.1, 0.15) is 5.82 Å². The second-order valence-corrected chi connectivity index (χ2v) is 8.72. The molecule has 1 fully saturated rings. The predicted octanol–water partition coefficient (Wildman–Crippen LogP) is 1.77. The summed E-state index contributed by atoms with van der Waals surface area (Å²) >= 11 is 0. The Kier molecular flexibility index (Phi) is 6.63. The van der Waals surface area contributed by atoms with E-state index in [2.05, 4.69) is 11.9 Å². The molecule has 0 bridgehead atoms. The van der Waals surface area contributed by atoms with Crippen LogP contribution in [0.4, 0.5) is 4.39 Å². The molecule has 9 heteroatoms. The van der Waals surface area contributed by atoms with Gasteiger partial charge in [-0.3, -0.25) is 9.59 Å². The Bertz CT molecular complexity index is 1070. The number of piperazine rings is 1. The van der Waals surface area contributed by atoms with Gasteiger partial charge >= 0.3 is 0 Å². The van der Waals surface area contributed by atoms with Crippen molar-refractivity contribution in [1.29, 1.82) is 0 Å². The summed E-state index contributed by atoms with van der Waals surface area (Å²) in [6, 6.07) is 11.8. The van der Waals surface area contributed by atoms with Gasteiger partial charge in [0.2, 0.25) is 15.9 Å². The molecule has 0 atom stereocenters. The summed E-state index contributed by atoms with van der Waals surface area (Å²) in [5, 5.41) is 2.58. The van der Waals surface area contributed by atoms with Crippen LogP contribution in [0.1, 0.15) is 15.9 Å². The van der Waals surface area contributed by atoms with E-state index in [1.807, 2.05) is 0 Å². The first-order valence-electron chi connectivity index (χ1n) is 9.33. The number of nitrogens with zero attached hydrogens (tertiary/aromatic N) is 2. The van der Waals surface area contributed by atoms with E-state index >= 15 is 0 Å². The lowest BCUT2D eigenvalue weighted by atomic mass is 10.1. The van der Waals surface area contributed by atoms with Crippen molar-refractivity contribution < 1.29 is 22.4 Å². The van der Waals surface area contributed by atoms with Crippen molar-refractivity contribution >= 4 is 21.8 Å². The predicted molar refractivity (Wildman–Crippen MR) is 110 cm³/mol. The molecule has 0 saturated carbocycles. The highest BCUT2D eigenvalue weighted by atomic mass is 32.2. The van der Waals surface area contributed by atoms with Crippen LogP contribution in [-0.4, -0.2) is 55.6 Å². The quantitative estimate of drug-likeness (QED) is 0.677. The lowest BCUT2D eigenvalue weighted by molar-refractivity contribution is -0.122. The van der Waals surface area contributed by atoms with Gasteiger partial charge in [0, 0.05) is 37.3 Å². The highest BCUT2D eigenvalue weighted by Crippen LogP contribution is 2.20. The second kappa shape index (κ2) is 9.19. The van der Waals surface area contributed by atoms with Crippen LogP contribution in [0.3, 0.4) is 0 Å². The number of carbonyl (C=O) groups is 2. The molecule has 0 radical (unpaired) electrons. The van der Waals surface area contributed by atoms with Crippen LogP contribution in [-0.2, 0) is 21.4 Å². The molecule has 2 aromatic carbocycles. The summed E-state index contributed by atoms with van der Waals surface area (Å²) in [5.74, 6) is -1.26. The van der Waals surface area contributed by atoms with Gasteiger partial charge in [0.15, 0.2) is 0 Å². The van der Waals surface area contributed by atoms with Gasteiger partial charge in [-0.1, -0.05) is 30.3 Å². The lowest BCUT2D eigenvalue weighted by Crippen LogP contribution is -2.49. The number of nitrogens with one attached hydrogen (secondary N) is 1. The van der Waals surface area contributed by atoms with E-state index in [1.165, 1.54) is 41.3 Å². The van der Waals surface area contributed by atoms with Crippen LogP contribution in [0.25, 0.3) is 0 Å². The average molecular weight is 431 g/mol. The Morgan fingerprint density at radius 2 is 2.00 bits per heavy atom. The van der Waals surface area contributed by atoms with Gasteiger partial charge in [-0.05, 0) is 24.3 Å². The van der Waals surface area contributed by atoms with E-state index in [4.69, 9.17) is 0 Å². The van der Waals surface area contributed by atoms with Crippen LogP contribution in [0.2, 0.25) is 0 Å². The number of hydrogen-bond donors (Lipinski definition) is 1. The number of amides is 2. The second-order valence-electron chi connectivity index (χ2n) is 6.78. The summed E-state index contributed by atoms with van der Waals surface area (Å²) in [5.41, 5.74) is 0.492. The standard InChI is InChI=1S/C21H22FN3O4S/c1-2-11-24(14-17-6-3-4-9-19(17)22)21(27)16-7-5-8-18(13-16)30(28,29)25-12-10-23-20(26)15-25/h2-9,13H,1,10-12,14-15H2,(H,23,26). The largest absolute Gasteiger partial charge is 0.354 e. The molecule has 158 valence electrons. The Labute approximate surface area is 174 Å². The maximum Gasteiger partial charge on any atom is 0.254 e. The number of hydrogen-bond acceptors (Lipinski definition) is 4. The van der Waals surface area contributed by atoms with Gasteiger partial charge < -0.3 is 10.2 Å². The minimum Gasteiger partial charge on any atom is -0.354 e. The SMILES string of the molecule is C=CCN(Cc1ccccc1F)C(=O)c1cccc(S(=O)(=O)N2CCNC(=O)C2)c1. The van der Waals surface area contributed by atoms with E-state index in [1.54, 1.807) is 18.2 Å². The zero-order valence-electron chi connectivity index (χ0n) is 16.3. The van der Waals surface area contributed by atoms with Gasteiger partial charge in [0.05, 0.1) is 11.4 Å². The van der Waals surface area contributed by atoms with Crippen molar-refractivity contribution in [3.8, 4) is 0 Å². The van der Waals surface area contributed by atoms with Crippen molar-refractivity contribution in [2.24, 2.45) is 0 Å². The normalized spacial score (nSPS) is 14.8. The van der Waals surface area contributed by atoms with E-state index in [0.717, 1.165) is 4.31 Å². The van der Waals surface area contributed by atoms with Crippen molar-refractivity contribution in [1.82, 2.24) is 14.5 Å². The highest BCUT2D eigenvalue weighted by Gasteiger charge is 2.30. The first kappa shape index (κ1) is 21.7. The fraction of sp³-hybridized carbons (Fsp3) is 0.238. The number of sulfonamides is 1. The molecule has 30 heavy (non-hydrogen) atoms. The van der Waals surface area contributed by atoms with Gasteiger partial charge in [-0.25, -0.2) is 12.8 Å². The summed E-state index contributed by atoms with van der Waals surface area (Å²) in [6.45, 7) is 3.93. The third-order valence-electron chi connectivity index (χ3n) is 4.68. The molecule has 0 unspecified atom stereocenters. The summed E-state index contributed by atoms with van der Waals surface area (Å²) in [4.78, 5) is 25.9. The van der Waals surface area contributed by atoms with E-state index in [0.29, 0.717) is 5.56 Å². The first-order chi connectivity index (χ1) is 14.3. The van der Waals surface area contributed by atoms with Crippen molar-refractivity contribution in [2.75, 3.05) is 26.2 Å². The van der Waals surface area contributed by atoms with Gasteiger partial charge in [-0.15, -0.1) is 6.58 Å². The first-order valence-corrected chi connectivity index (χ1v) is 10.8. The van der Waals surface area contributed by atoms with Crippen LogP contribution in [0, 0.1) is 5.82 Å². The zero-order chi connectivity index (χ0) is 21.7. The summed E-state index contributed by atoms with van der Waals surface area (Å²) < 4.78 is 40.9. The third kappa shape index (κ3) is 4.74. The molecule has 0 aromatic heterocycles. The lowest BCUT2D eigenvalue weighted by Gasteiger charge is -2.26. The smallest absolute Gasteiger partial charge is 0.254 e. The van der Waals surface area contributed by atoms with Crippen molar-refractivity contribution in [3.63, 3.8) is 0 Å². The molecular weight excluding hydrogens is 409 g/mol. The highest BCUT2D eigenvalue weighted by molar-refractivity contribution is 7.89. The Morgan fingerprint density at radius 3 is 2.70 bits per heavy atom. The van der Waals surface area contributed by atoms with E-state index in [9.17, 15) is 22.4 Å². The van der Waals surface area contributed by atoms with Crippen LogP contribution >= 0.6 is 0 Å². The third-order valence-corrected chi connectivity index (χ3v) is 6.52. The molecule has 2 amide bonds. The molecule has 0 aliphatic carbocycles. The molecule has 1 aliphatic rings. The summed E-state index contributed by atoms with van der Waals surface area (Å²) in [6.07, 6.45) is 1.52. The Hall–Kier alpha value is -3.04. The van der Waals surface area contributed by atoms with Gasteiger partial charge in [-0.2, -0.15) is 4.31 Å². The minimum atomic E-state index is -3.93. The summed E-state index contributed by atoms with van der Waals surface area (Å²) in [7, 11) is -3.93. The number of halogens is 1. The Morgan fingerprint density at radius 1 is 1.23 bits per heavy atom. The molecule has 1 aliphatic heterocycles. The minimum absolute atomic E-state index is 0.0147. The number of carbonyl (C=O) groups excluding carboxylic acids is 2. The molecule has 1 N–H and O–H groups in total. The van der Waals surface area contributed by atoms with Crippen LogP contribution in [0.5, 0.6) is 0 Å². The van der Waals surface area contributed by atoms with E-state index in [-0.39, 0.29) is 49.1 Å². The van der Waals surface area contributed by atoms with Crippen LogP contribution in [0.15, 0.2) is 66.1 Å². The van der Waals surface area contributed by atoms with Crippen molar-refractivity contribution in [3.05, 3.63) is 78.1 Å². The molecular formula is C21H22FN3O4S. The van der Waals surface area contributed by atoms with Crippen LogP contribution < -0.4 is 5.32 Å². The molecule has 7 nitrogen and oxygen atoms in total. The number of rotatable bonds is 7. The topological polar surface area (TPSA) is 86.8 Å². The maximum atomic E-state index is 14.0. The van der Waals surface area contributed by atoms with Crippen molar-refractivity contribution in [2.45, 2.75) is 11.4 Å².